The summed E-state index contributed by atoms with van der Waals surface area (Å²) in [5.74, 6) is 0. The molecule has 14 heteroatoms. The van der Waals surface area contributed by atoms with Gasteiger partial charge in [0.15, 0.2) is 0 Å². The number of carbonyl (C=O) groups is 4. The van der Waals surface area contributed by atoms with E-state index in [2.05, 4.69) is 10.6 Å². The first-order valence-corrected chi connectivity index (χ1v) is 16.7. The van der Waals surface area contributed by atoms with E-state index in [0.717, 1.165) is 11.1 Å². The minimum Gasteiger partial charge on any atom is -0.445 e. The van der Waals surface area contributed by atoms with Crippen molar-refractivity contribution in [3.05, 3.63) is 71.8 Å². The molecule has 0 unspecified atom stereocenters. The van der Waals surface area contributed by atoms with Crippen LogP contribution in [0.5, 0.6) is 0 Å². The van der Waals surface area contributed by atoms with E-state index in [-0.39, 0.29) is 51.5 Å². The number of alkyl carbamates (subject to hydrolysis) is 2. The van der Waals surface area contributed by atoms with E-state index >= 15 is 0 Å². The maximum absolute atomic E-state index is 12.1. The number of benzene rings is 2. The standard InChI is InChI=1S/2C18H26N2O5/c2*1-18(2,3)25-17(23)20-10-14(9-15(21)11-20)19-16(22)24-12-13-7-5-4-6-8-13/h2*4-8,14-15,21H,9-12H2,1-3H3,(H,19,22)/t2*14-,15+/m10/s1. The normalized spacial score (nSPS) is 20.7. The Labute approximate surface area is 294 Å². The molecule has 0 radical (unpaired) electrons. The zero-order chi connectivity index (χ0) is 36.9. The van der Waals surface area contributed by atoms with Crippen LogP contribution in [0, 0.1) is 0 Å². The summed E-state index contributed by atoms with van der Waals surface area (Å²) >= 11 is 0. The smallest absolute Gasteiger partial charge is 0.410 e. The molecule has 4 rings (SSSR count). The highest BCUT2D eigenvalue weighted by atomic mass is 16.6. The average molecular weight is 701 g/mol. The number of nitrogens with one attached hydrogen (secondary N) is 2. The molecule has 2 fully saturated rings. The lowest BCUT2D eigenvalue weighted by Gasteiger charge is -2.36. The molecule has 2 aromatic rings. The number of piperidine rings is 2. The van der Waals surface area contributed by atoms with Gasteiger partial charge in [0.25, 0.3) is 0 Å². The van der Waals surface area contributed by atoms with Gasteiger partial charge in [-0.15, -0.1) is 0 Å². The summed E-state index contributed by atoms with van der Waals surface area (Å²) in [6.07, 6.45) is -2.88. The van der Waals surface area contributed by atoms with Crippen molar-refractivity contribution >= 4 is 24.4 Å². The topological polar surface area (TPSA) is 176 Å². The van der Waals surface area contributed by atoms with Gasteiger partial charge >= 0.3 is 24.4 Å². The van der Waals surface area contributed by atoms with Crippen LogP contribution in [0.25, 0.3) is 0 Å². The predicted octanol–water partition coefficient (Wildman–Crippen LogP) is 4.57. The highest BCUT2D eigenvalue weighted by Crippen LogP contribution is 2.18. The molecular formula is C36H52N4O10. The van der Waals surface area contributed by atoms with Gasteiger partial charge in [0.2, 0.25) is 0 Å². The van der Waals surface area contributed by atoms with Crippen LogP contribution in [-0.2, 0) is 32.2 Å². The Kier molecular flexibility index (Phi) is 14.7. The van der Waals surface area contributed by atoms with Crippen molar-refractivity contribution in [3.8, 4) is 0 Å². The van der Waals surface area contributed by atoms with Gasteiger partial charge < -0.3 is 49.6 Å². The lowest BCUT2D eigenvalue weighted by molar-refractivity contribution is -0.00283. The molecule has 4 amide bonds. The van der Waals surface area contributed by atoms with Crippen LogP contribution < -0.4 is 10.6 Å². The predicted molar refractivity (Wildman–Crippen MR) is 184 cm³/mol. The number of aliphatic hydroxyl groups excluding tert-OH is 2. The fourth-order valence-corrected chi connectivity index (χ4v) is 5.17. The molecule has 0 saturated carbocycles. The summed E-state index contributed by atoms with van der Waals surface area (Å²) < 4.78 is 21.0. The number of aliphatic hydroxyl groups is 2. The number of β-amino-alcohol motifs (C(OH)–C–C–N with tert-alkyl or cyclic N) is 2. The van der Waals surface area contributed by atoms with E-state index in [1.807, 2.05) is 60.7 Å². The molecule has 50 heavy (non-hydrogen) atoms. The summed E-state index contributed by atoms with van der Waals surface area (Å²) in [6, 6.07) is 17.9. The van der Waals surface area contributed by atoms with Gasteiger partial charge in [0, 0.05) is 13.1 Å². The monoisotopic (exact) mass is 700 g/mol. The lowest BCUT2D eigenvalue weighted by Crippen LogP contribution is -2.55. The molecule has 0 aliphatic carbocycles. The maximum Gasteiger partial charge on any atom is 0.410 e. The van der Waals surface area contributed by atoms with Gasteiger partial charge in [-0.05, 0) is 65.5 Å². The molecule has 2 heterocycles. The molecular weight excluding hydrogens is 648 g/mol. The van der Waals surface area contributed by atoms with Crippen molar-refractivity contribution in [1.29, 1.82) is 0 Å². The Morgan fingerprint density at radius 1 is 0.620 bits per heavy atom. The first-order chi connectivity index (χ1) is 23.5. The molecule has 276 valence electrons. The zero-order valence-corrected chi connectivity index (χ0v) is 29.8. The summed E-state index contributed by atoms with van der Waals surface area (Å²) in [7, 11) is 0. The van der Waals surface area contributed by atoms with Crippen LogP contribution in [0.3, 0.4) is 0 Å². The molecule has 0 spiro atoms. The SMILES string of the molecule is CC(C)(C)OC(=O)N1C[C@@H](O)C[C@@H](NC(=O)OCc2ccccc2)C1.CC(C)(C)OC(=O)N1C[C@H](O)C[C@H](NC(=O)OCc2ccccc2)C1. The highest BCUT2D eigenvalue weighted by molar-refractivity contribution is 5.70. The summed E-state index contributed by atoms with van der Waals surface area (Å²) in [4.78, 5) is 51.0. The second-order valence-corrected chi connectivity index (χ2v) is 14.4. The van der Waals surface area contributed by atoms with Crippen LogP contribution in [0.1, 0.15) is 65.5 Å². The third kappa shape index (κ3) is 15.3. The van der Waals surface area contributed by atoms with Gasteiger partial charge in [-0.25, -0.2) is 19.2 Å². The number of hydrogen-bond donors (Lipinski definition) is 4. The Balaban J connectivity index is 0.000000270. The minimum absolute atomic E-state index is 0.164. The van der Waals surface area contributed by atoms with Crippen LogP contribution in [0.2, 0.25) is 0 Å². The summed E-state index contributed by atoms with van der Waals surface area (Å²) in [6.45, 7) is 11.9. The molecule has 2 aromatic carbocycles. The molecule has 2 aliphatic rings. The van der Waals surface area contributed by atoms with Crippen molar-refractivity contribution in [1.82, 2.24) is 20.4 Å². The maximum atomic E-state index is 12.1. The Bertz CT molecular complexity index is 1280. The van der Waals surface area contributed by atoms with Gasteiger partial charge in [0.1, 0.15) is 24.4 Å². The first-order valence-electron chi connectivity index (χ1n) is 16.7. The summed E-state index contributed by atoms with van der Waals surface area (Å²) in [5, 5.41) is 25.3. The van der Waals surface area contributed by atoms with Crippen molar-refractivity contribution in [3.63, 3.8) is 0 Å². The summed E-state index contributed by atoms with van der Waals surface area (Å²) in [5.41, 5.74) is 0.544. The number of ether oxygens (including phenoxy) is 4. The average Bonchev–Trinajstić information content (AvgIpc) is 3.02. The Morgan fingerprint density at radius 2 is 0.960 bits per heavy atom. The van der Waals surface area contributed by atoms with Crippen molar-refractivity contribution in [2.24, 2.45) is 0 Å². The molecule has 0 aromatic heterocycles. The lowest BCUT2D eigenvalue weighted by atomic mass is 10.0. The van der Waals surface area contributed by atoms with Crippen LogP contribution in [0.4, 0.5) is 19.2 Å². The van der Waals surface area contributed by atoms with Gasteiger partial charge in [-0.3, -0.25) is 0 Å². The van der Waals surface area contributed by atoms with E-state index < -0.39 is 47.8 Å². The molecule has 2 aliphatic heterocycles. The molecule has 0 bridgehead atoms. The van der Waals surface area contributed by atoms with Crippen molar-refractivity contribution in [2.75, 3.05) is 26.2 Å². The first kappa shape index (κ1) is 39.9. The Hall–Kier alpha value is -4.56. The molecule has 14 nitrogen and oxygen atoms in total. The minimum atomic E-state index is -0.722. The number of likely N-dealkylation sites (tertiary alicyclic amines) is 2. The van der Waals surface area contributed by atoms with Crippen LogP contribution >= 0.6 is 0 Å². The van der Waals surface area contributed by atoms with E-state index in [9.17, 15) is 29.4 Å². The Morgan fingerprint density at radius 3 is 1.28 bits per heavy atom. The van der Waals surface area contributed by atoms with E-state index in [1.165, 1.54) is 9.80 Å². The third-order valence-electron chi connectivity index (χ3n) is 7.23. The fraction of sp³-hybridized carbons (Fsp3) is 0.556. The van der Waals surface area contributed by atoms with E-state index in [0.29, 0.717) is 12.8 Å². The van der Waals surface area contributed by atoms with Gasteiger partial charge in [-0.1, -0.05) is 60.7 Å². The fourth-order valence-electron chi connectivity index (χ4n) is 5.17. The number of hydrogen-bond acceptors (Lipinski definition) is 10. The molecule has 2 saturated heterocycles. The second-order valence-electron chi connectivity index (χ2n) is 14.4. The largest absolute Gasteiger partial charge is 0.445 e. The van der Waals surface area contributed by atoms with Crippen LogP contribution in [-0.4, -0.2) is 106 Å². The number of nitrogens with zero attached hydrogens (tertiary/aromatic N) is 2. The highest BCUT2D eigenvalue weighted by Gasteiger charge is 2.34. The quantitative estimate of drug-likeness (QED) is 0.313. The van der Waals surface area contributed by atoms with Gasteiger partial charge in [0.05, 0.1) is 37.4 Å². The zero-order valence-electron chi connectivity index (χ0n) is 29.8. The number of amides is 4. The second kappa shape index (κ2) is 18.4. The molecule has 4 N–H and O–H groups in total. The third-order valence-corrected chi connectivity index (χ3v) is 7.23. The number of rotatable bonds is 6. The van der Waals surface area contributed by atoms with Crippen molar-refractivity contribution in [2.45, 2.75) is 103 Å². The molecule has 4 atom stereocenters. The van der Waals surface area contributed by atoms with E-state index in [4.69, 9.17) is 18.9 Å². The van der Waals surface area contributed by atoms with Gasteiger partial charge in [-0.2, -0.15) is 0 Å². The van der Waals surface area contributed by atoms with E-state index in [1.54, 1.807) is 41.5 Å². The van der Waals surface area contributed by atoms with Crippen LogP contribution in [0.15, 0.2) is 60.7 Å². The van der Waals surface area contributed by atoms with Crippen molar-refractivity contribution < 1.29 is 48.3 Å². The number of carbonyl (C=O) groups excluding carboxylic acids is 4.